The normalized spacial score (nSPS) is 13.7. The molecule has 1 amide bonds. The Morgan fingerprint density at radius 1 is 1.09 bits per heavy atom. The maximum absolute atomic E-state index is 13.7. The Balaban J connectivity index is 3.87. The summed E-state index contributed by atoms with van der Waals surface area (Å²) in [6.07, 6.45) is 5.91. The summed E-state index contributed by atoms with van der Waals surface area (Å²) in [6.45, 7) is 7.98. The Bertz CT molecular complexity index is 331. The fraction of sp³-hybridized carbons (Fsp3) is 0.941. The topological polar surface area (TPSA) is 50.4 Å². The van der Waals surface area contributed by atoms with E-state index in [1.165, 1.54) is 19.3 Å². The minimum Gasteiger partial charge on any atom is -0.444 e. The van der Waals surface area contributed by atoms with Crippen molar-refractivity contribution < 1.29 is 18.3 Å². The highest BCUT2D eigenvalue weighted by molar-refractivity contribution is 5.67. The van der Waals surface area contributed by atoms with Crippen LogP contribution in [0.3, 0.4) is 0 Å². The van der Waals surface area contributed by atoms with Gasteiger partial charge in [0.05, 0.1) is 13.1 Å². The number of hydrogen-bond acceptors (Lipinski definition) is 3. The van der Waals surface area contributed by atoms with Gasteiger partial charge < -0.3 is 15.4 Å². The summed E-state index contributed by atoms with van der Waals surface area (Å²) in [5, 5.41) is 4.96. The third-order valence-corrected chi connectivity index (χ3v) is 3.34. The first kappa shape index (κ1) is 22.1. The molecule has 4 nitrogen and oxygen atoms in total. The Labute approximate surface area is 139 Å². The van der Waals surface area contributed by atoms with Crippen LogP contribution in [-0.4, -0.2) is 36.7 Å². The molecule has 0 aliphatic heterocycles. The summed E-state index contributed by atoms with van der Waals surface area (Å²) in [7, 11) is 0. The minimum absolute atomic E-state index is 0.0454. The second-order valence-corrected chi connectivity index (χ2v) is 7.20. The van der Waals surface area contributed by atoms with E-state index in [-0.39, 0.29) is 6.04 Å². The molecule has 0 fully saturated rings. The van der Waals surface area contributed by atoms with Crippen molar-refractivity contribution in [1.82, 2.24) is 10.6 Å². The molecule has 6 heteroatoms. The molecule has 138 valence electrons. The number of unbranched alkanes of at least 4 members (excludes halogenated alkanes) is 4. The van der Waals surface area contributed by atoms with Gasteiger partial charge in [-0.25, -0.2) is 13.6 Å². The van der Waals surface area contributed by atoms with Crippen LogP contribution < -0.4 is 10.6 Å². The molecule has 1 unspecified atom stereocenters. The molecule has 0 aromatic carbocycles. The Morgan fingerprint density at radius 3 is 2.26 bits per heavy atom. The molecule has 0 rings (SSSR count). The lowest BCUT2D eigenvalue weighted by atomic mass is 10.1. The average Bonchev–Trinajstić information content (AvgIpc) is 2.41. The first-order chi connectivity index (χ1) is 10.6. The summed E-state index contributed by atoms with van der Waals surface area (Å²) < 4.78 is 32.4. The van der Waals surface area contributed by atoms with Crippen molar-refractivity contribution in [3.8, 4) is 0 Å². The Hall–Kier alpha value is -0.910. The number of halogens is 2. The second kappa shape index (κ2) is 10.8. The summed E-state index contributed by atoms with van der Waals surface area (Å²) in [5.41, 5.74) is -0.691. The maximum Gasteiger partial charge on any atom is 0.407 e. The number of nitrogens with one attached hydrogen (secondary N) is 2. The fourth-order valence-electron chi connectivity index (χ4n) is 2.06. The van der Waals surface area contributed by atoms with Gasteiger partial charge in [0.1, 0.15) is 5.60 Å². The highest BCUT2D eigenvalue weighted by Crippen LogP contribution is 2.13. The highest BCUT2D eigenvalue weighted by Gasteiger charge is 2.30. The van der Waals surface area contributed by atoms with Gasteiger partial charge in [0, 0.05) is 6.04 Å². The Morgan fingerprint density at radius 2 is 1.70 bits per heavy atom. The van der Waals surface area contributed by atoms with Crippen molar-refractivity contribution in [2.45, 2.75) is 90.7 Å². The van der Waals surface area contributed by atoms with E-state index in [1.54, 1.807) is 20.8 Å². The van der Waals surface area contributed by atoms with E-state index in [9.17, 15) is 13.6 Å². The lowest BCUT2D eigenvalue weighted by molar-refractivity contribution is -0.00540. The monoisotopic (exact) mass is 336 g/mol. The second-order valence-electron chi connectivity index (χ2n) is 7.20. The lowest BCUT2D eigenvalue weighted by Gasteiger charge is -2.23. The molecule has 0 saturated heterocycles. The molecule has 0 aromatic heterocycles. The number of amides is 1. The molecule has 0 bridgehead atoms. The predicted molar refractivity (Wildman–Crippen MR) is 90.0 cm³/mol. The summed E-state index contributed by atoms with van der Waals surface area (Å²) in [5.74, 6) is -2.99. The molecule has 0 radical (unpaired) electrons. The smallest absolute Gasteiger partial charge is 0.407 e. The van der Waals surface area contributed by atoms with Gasteiger partial charge in [0.15, 0.2) is 0 Å². The molecule has 0 saturated carbocycles. The van der Waals surface area contributed by atoms with Gasteiger partial charge in [-0.05, 0) is 34.1 Å². The quantitative estimate of drug-likeness (QED) is 0.547. The zero-order valence-corrected chi connectivity index (χ0v) is 15.3. The molecule has 0 spiro atoms. The van der Waals surface area contributed by atoms with Gasteiger partial charge in [0.2, 0.25) is 0 Å². The molecule has 23 heavy (non-hydrogen) atoms. The molecular formula is C17H34F2N2O2. The Kier molecular flexibility index (Phi) is 10.4. The van der Waals surface area contributed by atoms with Gasteiger partial charge in [-0.15, -0.1) is 0 Å². The van der Waals surface area contributed by atoms with E-state index in [0.717, 1.165) is 19.3 Å². The van der Waals surface area contributed by atoms with E-state index in [4.69, 9.17) is 4.74 Å². The van der Waals surface area contributed by atoms with Crippen LogP contribution in [0.4, 0.5) is 13.6 Å². The molecule has 1 atom stereocenters. The minimum atomic E-state index is -2.99. The molecular weight excluding hydrogens is 302 g/mol. The van der Waals surface area contributed by atoms with E-state index >= 15 is 0 Å². The average molecular weight is 336 g/mol. The van der Waals surface area contributed by atoms with E-state index < -0.39 is 30.7 Å². The summed E-state index contributed by atoms with van der Waals surface area (Å²) in [4.78, 5) is 11.4. The first-order valence-electron chi connectivity index (χ1n) is 8.64. The highest BCUT2D eigenvalue weighted by atomic mass is 19.3. The van der Waals surface area contributed by atoms with Crippen LogP contribution in [0.25, 0.3) is 0 Å². The molecule has 0 aliphatic rings. The summed E-state index contributed by atoms with van der Waals surface area (Å²) >= 11 is 0. The van der Waals surface area contributed by atoms with Crippen molar-refractivity contribution in [1.29, 1.82) is 0 Å². The third-order valence-electron chi connectivity index (χ3n) is 3.34. The van der Waals surface area contributed by atoms with Crippen LogP contribution in [0.1, 0.15) is 73.1 Å². The van der Waals surface area contributed by atoms with Gasteiger partial charge in [-0.2, -0.15) is 0 Å². The van der Waals surface area contributed by atoms with Gasteiger partial charge in [0.25, 0.3) is 5.92 Å². The number of rotatable bonds is 11. The van der Waals surface area contributed by atoms with Crippen molar-refractivity contribution in [3.63, 3.8) is 0 Å². The first-order valence-corrected chi connectivity index (χ1v) is 8.64. The van der Waals surface area contributed by atoms with Crippen LogP contribution in [0.15, 0.2) is 0 Å². The van der Waals surface area contributed by atoms with Crippen molar-refractivity contribution >= 4 is 6.09 Å². The largest absolute Gasteiger partial charge is 0.444 e. The fourth-order valence-corrected chi connectivity index (χ4v) is 2.06. The number of hydrogen-bond donors (Lipinski definition) is 2. The van der Waals surface area contributed by atoms with Crippen LogP contribution >= 0.6 is 0 Å². The van der Waals surface area contributed by atoms with Crippen molar-refractivity contribution in [2.75, 3.05) is 13.1 Å². The van der Waals surface area contributed by atoms with Crippen molar-refractivity contribution in [2.24, 2.45) is 0 Å². The van der Waals surface area contributed by atoms with E-state index in [2.05, 4.69) is 17.6 Å². The summed E-state index contributed by atoms with van der Waals surface area (Å²) in [6, 6.07) is 0.0454. The SMILES string of the molecule is CCCCCCCC(C)NCC(F)(F)CNC(=O)OC(C)(C)C. The van der Waals surface area contributed by atoms with E-state index in [0.29, 0.717) is 0 Å². The number of ether oxygens (including phenoxy) is 1. The van der Waals surface area contributed by atoms with Gasteiger partial charge >= 0.3 is 6.09 Å². The lowest BCUT2D eigenvalue weighted by Crippen LogP contribution is -2.46. The van der Waals surface area contributed by atoms with Crippen molar-refractivity contribution in [3.05, 3.63) is 0 Å². The van der Waals surface area contributed by atoms with Crippen LogP contribution in [0, 0.1) is 0 Å². The van der Waals surface area contributed by atoms with Crippen LogP contribution in [-0.2, 0) is 4.74 Å². The van der Waals surface area contributed by atoms with Crippen LogP contribution in [0.2, 0.25) is 0 Å². The number of alkyl carbamates (subject to hydrolysis) is 1. The van der Waals surface area contributed by atoms with Gasteiger partial charge in [-0.1, -0.05) is 39.0 Å². The number of alkyl halides is 2. The maximum atomic E-state index is 13.7. The zero-order valence-electron chi connectivity index (χ0n) is 15.3. The predicted octanol–water partition coefficient (Wildman–Crippen LogP) is 4.49. The molecule has 0 aromatic rings. The molecule has 2 N–H and O–H groups in total. The van der Waals surface area contributed by atoms with Gasteiger partial charge in [-0.3, -0.25) is 0 Å². The molecule has 0 aliphatic carbocycles. The van der Waals surface area contributed by atoms with Crippen LogP contribution in [0.5, 0.6) is 0 Å². The molecule has 0 heterocycles. The number of carbonyl (C=O) groups is 1. The standard InChI is InChI=1S/C17H34F2N2O2/c1-6-7-8-9-10-11-14(2)20-12-17(18,19)13-21-15(22)23-16(3,4)5/h14,20H,6-13H2,1-5H3,(H,21,22). The third kappa shape index (κ3) is 14.4. The number of carbonyl (C=O) groups excluding carboxylic acids is 1. The van der Waals surface area contributed by atoms with E-state index in [1.807, 2.05) is 6.92 Å². The zero-order chi connectivity index (χ0) is 17.9.